The number of sulfonamides is 1. The number of nitrogens with zero attached hydrogens (tertiary/aromatic N) is 3. The molecule has 0 aliphatic carbocycles. The number of hydrogen-bond donors (Lipinski definition) is 1. The molecule has 116 valence electrons. The zero-order valence-corrected chi connectivity index (χ0v) is 13.4. The standard InChI is InChI=1S/C12H24N4O3S/c1-5-6-16-9-11(12(13)14-16)20(17,18)15(4)7-8-19-10(2)3/h9-10H,5-8H2,1-4H3,(H2,13,14). The molecular formula is C12H24N4O3S. The summed E-state index contributed by atoms with van der Waals surface area (Å²) in [5.74, 6) is 0.0371. The minimum absolute atomic E-state index is 0.0371. The van der Waals surface area contributed by atoms with Crippen molar-refractivity contribution >= 4 is 15.8 Å². The molecule has 1 aromatic heterocycles. The van der Waals surface area contributed by atoms with Gasteiger partial charge in [-0.2, -0.15) is 9.40 Å². The Balaban J connectivity index is 2.81. The summed E-state index contributed by atoms with van der Waals surface area (Å²) in [5.41, 5.74) is 5.70. The van der Waals surface area contributed by atoms with E-state index in [1.54, 1.807) is 4.68 Å². The second kappa shape index (κ2) is 7.05. The number of anilines is 1. The van der Waals surface area contributed by atoms with Crippen molar-refractivity contribution in [2.24, 2.45) is 0 Å². The van der Waals surface area contributed by atoms with Crippen LogP contribution in [0, 0.1) is 0 Å². The van der Waals surface area contributed by atoms with Gasteiger partial charge in [-0.15, -0.1) is 0 Å². The maximum atomic E-state index is 12.4. The van der Waals surface area contributed by atoms with Gasteiger partial charge in [0.05, 0.1) is 12.7 Å². The van der Waals surface area contributed by atoms with Gasteiger partial charge in [0.15, 0.2) is 5.82 Å². The molecule has 0 amide bonds. The molecule has 0 aromatic carbocycles. The Hall–Kier alpha value is -1.12. The molecule has 7 nitrogen and oxygen atoms in total. The lowest BCUT2D eigenvalue weighted by molar-refractivity contribution is 0.0737. The quantitative estimate of drug-likeness (QED) is 0.771. The van der Waals surface area contributed by atoms with Crippen LogP contribution in [0.3, 0.4) is 0 Å². The van der Waals surface area contributed by atoms with E-state index in [1.165, 1.54) is 17.5 Å². The molecule has 0 saturated heterocycles. The number of hydrogen-bond acceptors (Lipinski definition) is 5. The first kappa shape index (κ1) is 16.9. The smallest absolute Gasteiger partial charge is 0.248 e. The molecule has 0 aliphatic heterocycles. The van der Waals surface area contributed by atoms with E-state index in [0.717, 1.165) is 6.42 Å². The fourth-order valence-corrected chi connectivity index (χ4v) is 2.88. The van der Waals surface area contributed by atoms with Crippen LogP contribution in [0.25, 0.3) is 0 Å². The third kappa shape index (κ3) is 4.19. The molecule has 0 spiro atoms. The van der Waals surface area contributed by atoms with Crippen molar-refractivity contribution in [2.75, 3.05) is 25.9 Å². The second-order valence-electron chi connectivity index (χ2n) is 4.89. The van der Waals surface area contributed by atoms with Gasteiger partial charge in [0, 0.05) is 26.3 Å². The van der Waals surface area contributed by atoms with Crippen LogP contribution in [-0.4, -0.2) is 48.8 Å². The Kier molecular flexibility index (Phi) is 5.97. The molecule has 2 N–H and O–H groups in total. The Bertz CT molecular complexity index is 525. The Labute approximate surface area is 120 Å². The first-order chi connectivity index (χ1) is 9.28. The number of nitrogens with two attached hydrogens (primary N) is 1. The van der Waals surface area contributed by atoms with Gasteiger partial charge in [-0.1, -0.05) is 6.92 Å². The summed E-state index contributed by atoms with van der Waals surface area (Å²) in [6.07, 6.45) is 2.41. The van der Waals surface area contributed by atoms with E-state index in [2.05, 4.69) is 5.10 Å². The summed E-state index contributed by atoms with van der Waals surface area (Å²) in [7, 11) is -2.11. The fourth-order valence-electron chi connectivity index (χ4n) is 1.67. The van der Waals surface area contributed by atoms with Gasteiger partial charge in [-0.05, 0) is 20.3 Å². The molecular weight excluding hydrogens is 280 g/mol. The molecule has 0 radical (unpaired) electrons. The Morgan fingerprint density at radius 1 is 1.50 bits per heavy atom. The van der Waals surface area contributed by atoms with Gasteiger partial charge in [-0.25, -0.2) is 8.42 Å². The Morgan fingerprint density at radius 3 is 2.70 bits per heavy atom. The van der Waals surface area contributed by atoms with Gasteiger partial charge in [0.25, 0.3) is 0 Å². The van der Waals surface area contributed by atoms with Crippen LogP contribution in [0.2, 0.25) is 0 Å². The highest BCUT2D eigenvalue weighted by Crippen LogP contribution is 2.20. The summed E-state index contributed by atoms with van der Waals surface area (Å²) >= 11 is 0. The predicted molar refractivity (Wildman–Crippen MR) is 77.8 cm³/mol. The van der Waals surface area contributed by atoms with Gasteiger partial charge < -0.3 is 10.5 Å². The maximum Gasteiger partial charge on any atom is 0.248 e. The van der Waals surface area contributed by atoms with E-state index in [-0.39, 0.29) is 23.4 Å². The van der Waals surface area contributed by atoms with E-state index in [4.69, 9.17) is 10.5 Å². The van der Waals surface area contributed by atoms with Crippen molar-refractivity contribution in [3.05, 3.63) is 6.20 Å². The van der Waals surface area contributed by atoms with Crippen molar-refractivity contribution in [1.82, 2.24) is 14.1 Å². The number of rotatable bonds is 8. The first-order valence-corrected chi connectivity index (χ1v) is 8.14. The van der Waals surface area contributed by atoms with Crippen molar-refractivity contribution in [3.63, 3.8) is 0 Å². The molecule has 0 atom stereocenters. The molecule has 20 heavy (non-hydrogen) atoms. The fraction of sp³-hybridized carbons (Fsp3) is 0.750. The van der Waals surface area contributed by atoms with Crippen molar-refractivity contribution < 1.29 is 13.2 Å². The van der Waals surface area contributed by atoms with E-state index in [0.29, 0.717) is 13.2 Å². The predicted octanol–water partition coefficient (Wildman–Crippen LogP) is 0.921. The number of likely N-dealkylation sites (N-methyl/N-ethyl adjacent to an activating group) is 1. The van der Waals surface area contributed by atoms with Crippen molar-refractivity contribution in [2.45, 2.75) is 44.7 Å². The maximum absolute atomic E-state index is 12.4. The minimum atomic E-state index is -3.62. The van der Waals surface area contributed by atoms with Crippen LogP contribution in [0.15, 0.2) is 11.1 Å². The van der Waals surface area contributed by atoms with E-state index in [1.807, 2.05) is 20.8 Å². The third-order valence-corrected chi connectivity index (χ3v) is 4.63. The van der Waals surface area contributed by atoms with Gasteiger partial charge in [0.1, 0.15) is 4.90 Å². The van der Waals surface area contributed by atoms with Gasteiger partial charge in [-0.3, -0.25) is 4.68 Å². The number of aromatic nitrogens is 2. The first-order valence-electron chi connectivity index (χ1n) is 6.70. The average Bonchev–Trinajstić information content (AvgIpc) is 2.70. The Morgan fingerprint density at radius 2 is 2.15 bits per heavy atom. The lowest BCUT2D eigenvalue weighted by Gasteiger charge is -2.17. The molecule has 0 fully saturated rings. The number of nitrogen functional groups attached to an aromatic ring is 1. The SMILES string of the molecule is CCCn1cc(S(=O)(=O)N(C)CCOC(C)C)c(N)n1. The highest BCUT2D eigenvalue weighted by molar-refractivity contribution is 7.89. The average molecular weight is 304 g/mol. The van der Waals surface area contributed by atoms with E-state index >= 15 is 0 Å². The summed E-state index contributed by atoms with van der Waals surface area (Å²) in [6.45, 7) is 7.05. The normalized spacial score (nSPS) is 12.5. The molecule has 1 heterocycles. The van der Waals surface area contributed by atoms with E-state index < -0.39 is 10.0 Å². The van der Waals surface area contributed by atoms with Crippen LogP contribution in [0.5, 0.6) is 0 Å². The zero-order valence-electron chi connectivity index (χ0n) is 12.5. The van der Waals surface area contributed by atoms with E-state index in [9.17, 15) is 8.42 Å². The van der Waals surface area contributed by atoms with Gasteiger partial charge in [0.2, 0.25) is 10.0 Å². The lowest BCUT2D eigenvalue weighted by Crippen LogP contribution is -2.31. The van der Waals surface area contributed by atoms with Crippen LogP contribution < -0.4 is 5.73 Å². The number of aryl methyl sites for hydroxylation is 1. The van der Waals surface area contributed by atoms with Gasteiger partial charge >= 0.3 is 0 Å². The monoisotopic (exact) mass is 304 g/mol. The summed E-state index contributed by atoms with van der Waals surface area (Å²) in [6, 6.07) is 0. The number of ether oxygens (including phenoxy) is 1. The highest BCUT2D eigenvalue weighted by Gasteiger charge is 2.25. The molecule has 0 saturated carbocycles. The van der Waals surface area contributed by atoms with Crippen LogP contribution in [-0.2, 0) is 21.3 Å². The molecule has 1 rings (SSSR count). The summed E-state index contributed by atoms with van der Waals surface area (Å²) in [4.78, 5) is 0.0537. The van der Waals surface area contributed by atoms with Crippen LogP contribution >= 0.6 is 0 Å². The second-order valence-corrected chi connectivity index (χ2v) is 6.90. The van der Waals surface area contributed by atoms with Crippen LogP contribution in [0.4, 0.5) is 5.82 Å². The third-order valence-electron chi connectivity index (χ3n) is 2.75. The highest BCUT2D eigenvalue weighted by atomic mass is 32.2. The molecule has 0 unspecified atom stereocenters. The lowest BCUT2D eigenvalue weighted by atomic mass is 10.5. The molecule has 0 aliphatic rings. The topological polar surface area (TPSA) is 90.5 Å². The molecule has 8 heteroatoms. The summed E-state index contributed by atoms with van der Waals surface area (Å²) in [5, 5.41) is 4.01. The molecule has 0 bridgehead atoms. The van der Waals surface area contributed by atoms with Crippen molar-refractivity contribution in [1.29, 1.82) is 0 Å². The van der Waals surface area contributed by atoms with Crippen LogP contribution in [0.1, 0.15) is 27.2 Å². The minimum Gasteiger partial charge on any atom is -0.381 e. The van der Waals surface area contributed by atoms with Crippen molar-refractivity contribution in [3.8, 4) is 0 Å². The zero-order chi connectivity index (χ0) is 15.3. The largest absolute Gasteiger partial charge is 0.381 e. The summed E-state index contributed by atoms with van der Waals surface area (Å²) < 4.78 is 32.9. The molecule has 1 aromatic rings.